The Morgan fingerprint density at radius 3 is 1.80 bits per heavy atom. The normalized spacial score (nSPS) is 30.1. The summed E-state index contributed by atoms with van der Waals surface area (Å²) in [5.41, 5.74) is 3.38. The van der Waals surface area contributed by atoms with Gasteiger partial charge >= 0.3 is 0 Å². The highest BCUT2D eigenvalue weighted by atomic mass is 16.3. The van der Waals surface area contributed by atoms with Gasteiger partial charge in [-0.15, -0.1) is 0 Å². The topological polar surface area (TPSA) is 77.0 Å². The van der Waals surface area contributed by atoms with Crippen molar-refractivity contribution in [2.75, 3.05) is 39.3 Å². The molecule has 4 bridgehead atoms. The second-order valence-electron chi connectivity index (χ2n) is 14.7. The molecule has 0 spiro atoms. The summed E-state index contributed by atoms with van der Waals surface area (Å²) in [6.07, 6.45) is 7.62. The number of aliphatic hydroxyl groups is 1. The molecule has 1 N–H and O–H groups in total. The lowest BCUT2D eigenvalue weighted by molar-refractivity contribution is -0.187. The van der Waals surface area contributed by atoms with Crippen molar-refractivity contribution in [3.8, 4) is 22.5 Å². The minimum Gasteiger partial charge on any atom is -0.390 e. The van der Waals surface area contributed by atoms with Gasteiger partial charge in [0.2, 0.25) is 5.91 Å². The first kappa shape index (κ1) is 28.9. The number of hydrogen-bond donors (Lipinski definition) is 1. The number of likely N-dealkylation sites (tertiary alicyclic amines) is 1. The molecule has 45 heavy (non-hydrogen) atoms. The van der Waals surface area contributed by atoms with Crippen LogP contribution in [0.25, 0.3) is 22.5 Å². The second kappa shape index (κ2) is 11.4. The summed E-state index contributed by atoms with van der Waals surface area (Å²) in [4.78, 5) is 39.4. The summed E-state index contributed by atoms with van der Waals surface area (Å²) in [6, 6.07) is 24.5. The van der Waals surface area contributed by atoms with Gasteiger partial charge in [0.05, 0.1) is 22.4 Å². The highest BCUT2D eigenvalue weighted by Gasteiger charge is 2.61. The quantitative estimate of drug-likeness (QED) is 0.417. The number of amides is 2. The Hall–Kier alpha value is -3.55. The van der Waals surface area contributed by atoms with E-state index in [2.05, 4.69) is 9.80 Å². The van der Waals surface area contributed by atoms with Crippen molar-refractivity contribution in [3.05, 3.63) is 78.4 Å². The molecule has 4 aliphatic carbocycles. The van der Waals surface area contributed by atoms with Crippen LogP contribution in [0.15, 0.2) is 72.8 Å². The number of pyridine rings is 1. The maximum absolute atomic E-state index is 13.9. The minimum absolute atomic E-state index is 0.0593. The lowest BCUT2D eigenvalue weighted by atomic mass is 9.47. The van der Waals surface area contributed by atoms with Crippen molar-refractivity contribution in [1.29, 1.82) is 0 Å². The summed E-state index contributed by atoms with van der Waals surface area (Å²) in [6.45, 7) is 4.72. The Morgan fingerprint density at radius 2 is 1.27 bits per heavy atom. The molecular formula is C38H44N4O3. The van der Waals surface area contributed by atoms with E-state index in [0.29, 0.717) is 48.9 Å². The average Bonchev–Trinajstić information content (AvgIpc) is 3.07. The summed E-state index contributed by atoms with van der Waals surface area (Å²) < 4.78 is 0. The van der Waals surface area contributed by atoms with Crippen LogP contribution in [0.3, 0.4) is 0 Å². The number of nitrogens with zero attached hydrogens (tertiary/aromatic N) is 4. The maximum atomic E-state index is 13.9. The predicted octanol–water partition coefficient (Wildman–Crippen LogP) is 5.50. The number of rotatable bonds is 5. The fourth-order valence-corrected chi connectivity index (χ4v) is 9.87. The fourth-order valence-electron chi connectivity index (χ4n) is 9.87. The van der Waals surface area contributed by atoms with Crippen molar-refractivity contribution >= 4 is 11.8 Å². The molecule has 2 unspecified atom stereocenters. The van der Waals surface area contributed by atoms with Gasteiger partial charge in [0.25, 0.3) is 5.91 Å². The van der Waals surface area contributed by atoms with Gasteiger partial charge in [0.15, 0.2) is 0 Å². The van der Waals surface area contributed by atoms with Gasteiger partial charge in [-0.05, 0) is 75.3 Å². The number of carbonyl (C=O) groups excluding carboxylic acids is 2. The molecule has 6 fully saturated rings. The van der Waals surface area contributed by atoms with Gasteiger partial charge in [-0.3, -0.25) is 14.5 Å². The van der Waals surface area contributed by atoms with E-state index in [-0.39, 0.29) is 11.3 Å². The number of carbonyl (C=O) groups is 2. The van der Waals surface area contributed by atoms with E-state index in [1.165, 1.54) is 6.42 Å². The van der Waals surface area contributed by atoms with Crippen LogP contribution in [-0.4, -0.2) is 87.5 Å². The summed E-state index contributed by atoms with van der Waals surface area (Å²) in [5, 5.41) is 11.2. The molecular weight excluding hydrogens is 560 g/mol. The monoisotopic (exact) mass is 604 g/mol. The van der Waals surface area contributed by atoms with E-state index in [1.807, 2.05) is 77.7 Å². The molecule has 234 valence electrons. The van der Waals surface area contributed by atoms with Crippen LogP contribution in [-0.2, 0) is 4.79 Å². The summed E-state index contributed by atoms with van der Waals surface area (Å²) in [7, 11) is 0. The molecule has 4 saturated carbocycles. The number of hydrogen-bond acceptors (Lipinski definition) is 5. The first-order valence-corrected chi connectivity index (χ1v) is 17.0. The third-order valence-corrected chi connectivity index (χ3v) is 11.6. The van der Waals surface area contributed by atoms with Crippen LogP contribution in [0.2, 0.25) is 0 Å². The summed E-state index contributed by atoms with van der Waals surface area (Å²) >= 11 is 0. The molecule has 0 radical (unpaired) electrons. The van der Waals surface area contributed by atoms with Gasteiger partial charge in [-0.2, -0.15) is 0 Å². The van der Waals surface area contributed by atoms with E-state index in [1.54, 1.807) is 0 Å². The van der Waals surface area contributed by atoms with E-state index >= 15 is 0 Å². The van der Waals surface area contributed by atoms with E-state index in [4.69, 9.17) is 4.98 Å². The molecule has 7 heteroatoms. The molecule has 2 aliphatic heterocycles. The van der Waals surface area contributed by atoms with Crippen molar-refractivity contribution in [3.63, 3.8) is 0 Å². The smallest absolute Gasteiger partial charge is 0.254 e. The number of aromatic nitrogens is 1. The zero-order valence-electron chi connectivity index (χ0n) is 26.1. The van der Waals surface area contributed by atoms with Crippen LogP contribution in [0.5, 0.6) is 0 Å². The molecule has 9 rings (SSSR count). The molecule has 6 aliphatic rings. The van der Waals surface area contributed by atoms with Crippen LogP contribution in [0.4, 0.5) is 0 Å². The minimum atomic E-state index is -0.600. The maximum Gasteiger partial charge on any atom is 0.254 e. The van der Waals surface area contributed by atoms with E-state index in [9.17, 15) is 14.7 Å². The first-order chi connectivity index (χ1) is 21.9. The van der Waals surface area contributed by atoms with Crippen molar-refractivity contribution in [2.24, 2.45) is 17.3 Å². The Morgan fingerprint density at radius 1 is 0.711 bits per heavy atom. The fraction of sp³-hybridized carbons (Fsp3) is 0.500. The standard InChI is InChI=1S/C38H44N4O3/c43-35(31-20-33(29-7-3-1-4-8-29)39-34(21-31)30-9-5-2-6-10-30)41-17-15-40(16-18-41)32-11-13-42(14-12-32)36(44)37-22-27-19-28(23-37)25-38(45,24-27)26-37/h1-10,20-21,27-28,32,45H,11-19,22-26H2. The van der Waals surface area contributed by atoms with E-state index < -0.39 is 5.60 Å². The Bertz CT molecular complexity index is 1490. The molecule has 2 atom stereocenters. The first-order valence-electron chi connectivity index (χ1n) is 17.0. The van der Waals surface area contributed by atoms with Gasteiger partial charge in [0, 0.05) is 62.0 Å². The SMILES string of the molecule is O=C(c1cc(-c2ccccc2)nc(-c2ccccc2)c1)N1CCN(C2CCN(C(=O)C34CC5CC(CC(O)(C5)C3)C4)CC2)CC1. The van der Waals surface area contributed by atoms with Gasteiger partial charge < -0.3 is 14.9 Å². The Kier molecular flexibility index (Phi) is 7.29. The van der Waals surface area contributed by atoms with Crippen molar-refractivity contribution in [1.82, 2.24) is 19.7 Å². The van der Waals surface area contributed by atoms with Crippen molar-refractivity contribution < 1.29 is 14.7 Å². The van der Waals surface area contributed by atoms with Crippen molar-refractivity contribution in [2.45, 2.75) is 63.0 Å². The molecule has 2 saturated heterocycles. The number of benzene rings is 2. The van der Waals surface area contributed by atoms with Crippen LogP contribution in [0, 0.1) is 17.3 Å². The Balaban J connectivity index is 0.904. The van der Waals surface area contributed by atoms with Gasteiger partial charge in [-0.25, -0.2) is 4.98 Å². The van der Waals surface area contributed by atoms with E-state index in [0.717, 1.165) is 87.2 Å². The molecule has 2 amide bonds. The zero-order valence-corrected chi connectivity index (χ0v) is 26.1. The van der Waals surface area contributed by atoms with Gasteiger partial charge in [0.1, 0.15) is 0 Å². The Labute approximate surface area is 266 Å². The average molecular weight is 605 g/mol. The third-order valence-electron chi connectivity index (χ3n) is 11.6. The highest BCUT2D eigenvalue weighted by Crippen LogP contribution is 2.62. The molecule has 2 aromatic carbocycles. The zero-order chi connectivity index (χ0) is 30.6. The second-order valence-corrected chi connectivity index (χ2v) is 14.7. The third kappa shape index (κ3) is 5.48. The predicted molar refractivity (Wildman–Crippen MR) is 174 cm³/mol. The van der Waals surface area contributed by atoms with Crippen LogP contribution in [0.1, 0.15) is 61.7 Å². The lowest BCUT2D eigenvalue weighted by Crippen LogP contribution is -2.62. The molecule has 3 heterocycles. The van der Waals surface area contributed by atoms with Crippen LogP contribution >= 0.6 is 0 Å². The molecule has 3 aromatic rings. The largest absolute Gasteiger partial charge is 0.390 e. The van der Waals surface area contributed by atoms with Crippen LogP contribution < -0.4 is 0 Å². The highest BCUT2D eigenvalue weighted by molar-refractivity contribution is 5.96. The number of piperidine rings is 1. The van der Waals surface area contributed by atoms with Gasteiger partial charge in [-0.1, -0.05) is 60.7 Å². The lowest BCUT2D eigenvalue weighted by Gasteiger charge is -2.60. The molecule has 7 nitrogen and oxygen atoms in total. The summed E-state index contributed by atoms with van der Waals surface area (Å²) in [5.74, 6) is 1.44. The molecule has 1 aromatic heterocycles. The number of piperazine rings is 1.